The van der Waals surface area contributed by atoms with Crippen molar-refractivity contribution in [3.63, 3.8) is 0 Å². The third-order valence-corrected chi connectivity index (χ3v) is 7.07. The Morgan fingerprint density at radius 1 is 0.714 bits per heavy atom. The molecule has 2 aromatic rings. The topological polar surface area (TPSA) is 35.5 Å². The van der Waals surface area contributed by atoms with E-state index in [1.54, 1.807) is 0 Å². The van der Waals surface area contributed by atoms with E-state index in [9.17, 15) is 4.79 Å². The Morgan fingerprint density at radius 2 is 1.00 bits per heavy atom. The summed E-state index contributed by atoms with van der Waals surface area (Å²) >= 11 is 20.8. The molecule has 0 aliphatic heterocycles. The molecule has 2 atom stereocenters. The van der Waals surface area contributed by atoms with Crippen LogP contribution in [0, 0.1) is 0 Å². The smallest absolute Gasteiger partial charge is 0.422 e. The van der Waals surface area contributed by atoms with Crippen molar-refractivity contribution in [1.82, 2.24) is 0 Å². The molecule has 0 saturated carbocycles. The minimum Gasteiger partial charge on any atom is -0.422 e. The van der Waals surface area contributed by atoms with Gasteiger partial charge < -0.3 is 9.47 Å². The molecule has 0 heterocycles. The molecule has 9 heteroatoms. The summed E-state index contributed by atoms with van der Waals surface area (Å²) in [6.07, 6.45) is 0.763. The summed E-state index contributed by atoms with van der Waals surface area (Å²) in [7, 11) is 0. The Hall–Kier alpha value is 0.0700. The first-order valence-electron chi connectivity index (χ1n) is 7.59. The first-order chi connectivity index (χ1) is 13.2. The molecule has 0 N–H and O–H groups in total. The van der Waals surface area contributed by atoms with Crippen LogP contribution in [-0.2, 0) is 9.47 Å². The van der Waals surface area contributed by atoms with E-state index >= 15 is 0 Å². The van der Waals surface area contributed by atoms with Crippen LogP contribution in [-0.4, -0.2) is 6.16 Å². The second kappa shape index (κ2) is 10.9. The van der Waals surface area contributed by atoms with Gasteiger partial charge in [-0.25, -0.2) is 4.79 Å². The SMILES string of the molecule is C=CC(OC(=O)OC(C=C)c1c(Br)cc(Br)cc1Br)c1c(Br)cc(Br)cc1Br. The third-order valence-electron chi connectivity index (χ3n) is 3.53. The highest BCUT2D eigenvalue weighted by molar-refractivity contribution is 9.12. The first kappa shape index (κ1) is 24.3. The number of carbonyl (C=O) groups excluding carboxylic acids is 1. The lowest BCUT2D eigenvalue weighted by Gasteiger charge is -2.21. The first-order valence-corrected chi connectivity index (χ1v) is 12.3. The maximum atomic E-state index is 12.5. The average molecular weight is 768 g/mol. The van der Waals surface area contributed by atoms with Crippen LogP contribution in [0.5, 0.6) is 0 Å². The molecule has 2 unspecified atom stereocenters. The summed E-state index contributed by atoms with van der Waals surface area (Å²) in [5.41, 5.74) is 1.44. The van der Waals surface area contributed by atoms with Crippen LogP contribution in [0.3, 0.4) is 0 Å². The lowest BCUT2D eigenvalue weighted by molar-refractivity contribution is 0.0198. The highest BCUT2D eigenvalue weighted by Crippen LogP contribution is 2.38. The Bertz CT molecular complexity index is 808. The molecule has 0 bridgehead atoms. The highest BCUT2D eigenvalue weighted by Gasteiger charge is 2.24. The summed E-state index contributed by atoms with van der Waals surface area (Å²) in [6, 6.07) is 7.42. The zero-order valence-corrected chi connectivity index (χ0v) is 23.5. The maximum absolute atomic E-state index is 12.5. The van der Waals surface area contributed by atoms with Gasteiger partial charge in [-0.15, -0.1) is 0 Å². The Labute approximate surface area is 213 Å². The van der Waals surface area contributed by atoms with Crippen LogP contribution in [0.1, 0.15) is 23.3 Å². The highest BCUT2D eigenvalue weighted by atomic mass is 79.9. The van der Waals surface area contributed by atoms with E-state index in [1.807, 2.05) is 24.3 Å². The fraction of sp³-hybridized carbons (Fsp3) is 0.105. The number of rotatable bonds is 6. The van der Waals surface area contributed by atoms with Gasteiger partial charge in [0, 0.05) is 38.0 Å². The summed E-state index contributed by atoms with van der Waals surface area (Å²) < 4.78 is 15.8. The van der Waals surface area contributed by atoms with Gasteiger partial charge in [0.2, 0.25) is 0 Å². The van der Waals surface area contributed by atoms with Gasteiger partial charge in [-0.2, -0.15) is 0 Å². The maximum Gasteiger partial charge on any atom is 0.510 e. The van der Waals surface area contributed by atoms with Gasteiger partial charge in [0.15, 0.2) is 12.2 Å². The molecule has 0 aliphatic rings. The van der Waals surface area contributed by atoms with Crippen LogP contribution >= 0.6 is 95.6 Å². The molecule has 148 valence electrons. The number of benzene rings is 2. The number of carbonyl (C=O) groups is 1. The fourth-order valence-electron chi connectivity index (χ4n) is 2.34. The van der Waals surface area contributed by atoms with Crippen LogP contribution < -0.4 is 0 Å². The van der Waals surface area contributed by atoms with Crippen molar-refractivity contribution in [2.24, 2.45) is 0 Å². The second-order valence-electron chi connectivity index (χ2n) is 5.36. The predicted octanol–water partition coefficient (Wildman–Crippen LogP) is 9.57. The second-order valence-corrected chi connectivity index (χ2v) is 10.6. The van der Waals surface area contributed by atoms with Crippen LogP contribution in [0.2, 0.25) is 0 Å². The molecule has 0 amide bonds. The number of hydrogen-bond donors (Lipinski definition) is 0. The predicted molar refractivity (Wildman–Crippen MR) is 133 cm³/mol. The van der Waals surface area contributed by atoms with Crippen molar-refractivity contribution in [2.45, 2.75) is 12.2 Å². The van der Waals surface area contributed by atoms with E-state index in [1.165, 1.54) is 12.2 Å². The van der Waals surface area contributed by atoms with E-state index in [4.69, 9.17) is 9.47 Å². The van der Waals surface area contributed by atoms with Gasteiger partial charge in [0.25, 0.3) is 0 Å². The molecule has 0 aliphatic carbocycles. The van der Waals surface area contributed by atoms with E-state index in [0.29, 0.717) is 0 Å². The molecule has 0 fully saturated rings. The van der Waals surface area contributed by atoms with Crippen molar-refractivity contribution in [3.05, 3.63) is 87.5 Å². The van der Waals surface area contributed by atoms with Crippen LogP contribution in [0.15, 0.2) is 76.4 Å². The third kappa shape index (κ3) is 6.04. The lowest BCUT2D eigenvalue weighted by atomic mass is 10.1. The van der Waals surface area contributed by atoms with Crippen molar-refractivity contribution >= 4 is 102 Å². The van der Waals surface area contributed by atoms with E-state index in [-0.39, 0.29) is 0 Å². The zero-order chi connectivity index (χ0) is 21.0. The molecule has 0 aromatic heterocycles. The average Bonchev–Trinajstić information content (AvgIpc) is 2.58. The normalized spacial score (nSPS) is 12.8. The number of halogens is 6. The summed E-state index contributed by atoms with van der Waals surface area (Å²) in [5, 5.41) is 0. The van der Waals surface area contributed by atoms with Gasteiger partial charge in [0.05, 0.1) is 0 Å². The quantitative estimate of drug-likeness (QED) is 0.217. The molecule has 28 heavy (non-hydrogen) atoms. The van der Waals surface area contributed by atoms with E-state index in [2.05, 4.69) is 109 Å². The lowest BCUT2D eigenvalue weighted by Crippen LogP contribution is -2.15. The molecule has 0 radical (unpaired) electrons. The summed E-state index contributed by atoms with van der Waals surface area (Å²) in [4.78, 5) is 12.5. The minimum absolute atomic E-state index is 0.716. The standard InChI is InChI=1S/C19H12Br6O3/c1-3-15(17-11(22)5-9(20)6-12(17)23)27-19(26)28-16(4-2)18-13(24)7-10(21)8-14(18)25/h3-8,15-16H,1-2H2. The Balaban J connectivity index is 2.24. The van der Waals surface area contributed by atoms with E-state index < -0.39 is 18.4 Å². The summed E-state index contributed by atoms with van der Waals surface area (Å²) in [6.45, 7) is 7.53. The van der Waals surface area contributed by atoms with Gasteiger partial charge >= 0.3 is 6.16 Å². The van der Waals surface area contributed by atoms with Crippen LogP contribution in [0.4, 0.5) is 4.79 Å². The van der Waals surface area contributed by atoms with Crippen LogP contribution in [0.25, 0.3) is 0 Å². The van der Waals surface area contributed by atoms with Gasteiger partial charge in [-0.05, 0) is 36.4 Å². The Kier molecular flexibility index (Phi) is 9.48. The van der Waals surface area contributed by atoms with Gasteiger partial charge in [-0.1, -0.05) is 109 Å². The number of ether oxygens (including phenoxy) is 2. The van der Waals surface area contributed by atoms with Crippen molar-refractivity contribution < 1.29 is 14.3 Å². The molecular formula is C19H12Br6O3. The van der Waals surface area contributed by atoms with Crippen molar-refractivity contribution in [3.8, 4) is 0 Å². The number of hydrogen-bond acceptors (Lipinski definition) is 3. The fourth-order valence-corrected chi connectivity index (χ4v) is 7.76. The van der Waals surface area contributed by atoms with Gasteiger partial charge in [0.1, 0.15) is 0 Å². The molecule has 3 nitrogen and oxygen atoms in total. The zero-order valence-electron chi connectivity index (χ0n) is 14.0. The largest absolute Gasteiger partial charge is 0.510 e. The van der Waals surface area contributed by atoms with Crippen molar-refractivity contribution in [2.75, 3.05) is 0 Å². The molecular weight excluding hydrogens is 756 g/mol. The Morgan fingerprint density at radius 3 is 1.25 bits per heavy atom. The molecule has 0 spiro atoms. The van der Waals surface area contributed by atoms with Crippen molar-refractivity contribution in [1.29, 1.82) is 0 Å². The summed E-state index contributed by atoms with van der Waals surface area (Å²) in [5.74, 6) is 0. The van der Waals surface area contributed by atoms with Gasteiger partial charge in [-0.3, -0.25) is 0 Å². The molecule has 2 rings (SSSR count). The monoisotopic (exact) mass is 762 g/mol. The molecule has 0 saturated heterocycles. The molecule has 2 aromatic carbocycles. The van der Waals surface area contributed by atoms with E-state index in [0.717, 1.165) is 38.0 Å². The minimum atomic E-state index is -0.849.